The van der Waals surface area contributed by atoms with Gasteiger partial charge in [-0.1, -0.05) is 36.4 Å². The Hall–Kier alpha value is -3.19. The van der Waals surface area contributed by atoms with Crippen molar-refractivity contribution in [2.45, 2.75) is 25.7 Å². The van der Waals surface area contributed by atoms with E-state index in [1.54, 1.807) is 0 Å². The van der Waals surface area contributed by atoms with Gasteiger partial charge in [0.05, 0.1) is 10.2 Å². The first-order valence-corrected chi connectivity index (χ1v) is 10.3. The normalized spacial score (nSPS) is 16.6. The number of nitrogens with zero attached hydrogens (tertiary/aromatic N) is 3. The van der Waals surface area contributed by atoms with Crippen molar-refractivity contribution in [1.82, 2.24) is 15.2 Å². The lowest BCUT2D eigenvalue weighted by molar-refractivity contribution is -0.120. The third kappa shape index (κ3) is 3.49. The second kappa shape index (κ2) is 7.33. The van der Waals surface area contributed by atoms with E-state index in [-0.39, 0.29) is 23.4 Å². The van der Waals surface area contributed by atoms with Crippen molar-refractivity contribution < 1.29 is 14.0 Å². The Morgan fingerprint density at radius 3 is 2.76 bits per heavy atom. The van der Waals surface area contributed by atoms with E-state index >= 15 is 0 Å². The number of hydrogen-bond donors (Lipinski definition) is 0. The molecule has 1 aliphatic carbocycles. The molecule has 0 bridgehead atoms. The number of thiazole rings is 1. The van der Waals surface area contributed by atoms with E-state index in [1.165, 1.54) is 11.3 Å². The van der Waals surface area contributed by atoms with Crippen molar-refractivity contribution in [1.29, 1.82) is 0 Å². The summed E-state index contributed by atoms with van der Waals surface area (Å²) >= 11 is 1.31. The summed E-state index contributed by atoms with van der Waals surface area (Å²) in [6, 6.07) is 16.0. The van der Waals surface area contributed by atoms with E-state index < -0.39 is 0 Å². The predicted octanol–water partition coefficient (Wildman–Crippen LogP) is 4.49. The van der Waals surface area contributed by atoms with Crippen molar-refractivity contribution >= 4 is 33.1 Å². The maximum atomic E-state index is 12.8. The standard InChI is InChI=1S/C22H17N3O3S/c26-17-8-4-7-15(17)12-19-24-25-21(28-19)20(27)22-23-16-10-9-14(11-18(16)29-22)13-5-2-1-3-6-13/h1-3,5-6,9-11,15H,4,7-8,12H2. The molecule has 2 aromatic heterocycles. The van der Waals surface area contributed by atoms with Crippen molar-refractivity contribution in [3.8, 4) is 11.1 Å². The molecule has 0 saturated heterocycles. The lowest BCUT2D eigenvalue weighted by Crippen LogP contribution is -2.09. The zero-order valence-corrected chi connectivity index (χ0v) is 16.3. The molecule has 1 unspecified atom stereocenters. The van der Waals surface area contributed by atoms with Gasteiger partial charge < -0.3 is 4.42 Å². The van der Waals surface area contributed by atoms with Gasteiger partial charge in [-0.15, -0.1) is 21.5 Å². The number of carbonyl (C=O) groups is 2. The number of Topliss-reactive ketones (excluding diaryl/α,β-unsaturated/α-hetero) is 1. The molecule has 29 heavy (non-hydrogen) atoms. The third-order valence-electron chi connectivity index (χ3n) is 5.20. The van der Waals surface area contributed by atoms with Crippen LogP contribution in [0.25, 0.3) is 21.3 Å². The minimum absolute atomic E-state index is 0.0720. The average molecular weight is 403 g/mol. The molecular formula is C22H17N3O3S. The van der Waals surface area contributed by atoms with Crippen LogP contribution in [0, 0.1) is 5.92 Å². The van der Waals surface area contributed by atoms with Gasteiger partial charge in [0.15, 0.2) is 5.01 Å². The molecule has 0 radical (unpaired) electrons. The van der Waals surface area contributed by atoms with Gasteiger partial charge >= 0.3 is 0 Å². The second-order valence-corrected chi connectivity index (χ2v) is 8.19. The van der Waals surface area contributed by atoms with E-state index in [1.807, 2.05) is 48.5 Å². The fourth-order valence-corrected chi connectivity index (χ4v) is 4.60. The smallest absolute Gasteiger partial charge is 0.291 e. The number of hydrogen-bond acceptors (Lipinski definition) is 7. The summed E-state index contributed by atoms with van der Waals surface area (Å²) in [6.07, 6.45) is 2.76. The molecule has 6 nitrogen and oxygen atoms in total. The van der Waals surface area contributed by atoms with Crippen LogP contribution in [0.2, 0.25) is 0 Å². The van der Waals surface area contributed by atoms with Gasteiger partial charge in [-0.3, -0.25) is 9.59 Å². The molecule has 2 aromatic carbocycles. The molecule has 0 aliphatic heterocycles. The molecule has 2 heterocycles. The minimum Gasteiger partial charge on any atom is -0.418 e. The van der Waals surface area contributed by atoms with Crippen LogP contribution in [0.3, 0.4) is 0 Å². The largest absolute Gasteiger partial charge is 0.418 e. The van der Waals surface area contributed by atoms with Crippen LogP contribution in [0.15, 0.2) is 52.9 Å². The Labute approximate surface area is 170 Å². The lowest BCUT2D eigenvalue weighted by atomic mass is 10.0. The average Bonchev–Trinajstić information content (AvgIpc) is 3.48. The first kappa shape index (κ1) is 17.9. The number of carbonyl (C=O) groups excluding carboxylic acids is 2. The zero-order chi connectivity index (χ0) is 19.8. The molecule has 1 atom stereocenters. The molecule has 4 aromatic rings. The molecule has 144 valence electrons. The van der Waals surface area contributed by atoms with Crippen LogP contribution in [0.1, 0.15) is 40.8 Å². The maximum absolute atomic E-state index is 12.8. The number of benzene rings is 2. The second-order valence-electron chi connectivity index (χ2n) is 7.16. The fourth-order valence-electron chi connectivity index (χ4n) is 3.67. The predicted molar refractivity (Wildman–Crippen MR) is 109 cm³/mol. The van der Waals surface area contributed by atoms with Gasteiger partial charge in [0, 0.05) is 18.8 Å². The van der Waals surface area contributed by atoms with E-state index in [2.05, 4.69) is 15.2 Å². The van der Waals surface area contributed by atoms with E-state index in [9.17, 15) is 9.59 Å². The van der Waals surface area contributed by atoms with Crippen molar-refractivity contribution in [2.24, 2.45) is 5.92 Å². The summed E-state index contributed by atoms with van der Waals surface area (Å²) in [5, 5.41) is 8.16. The molecular weight excluding hydrogens is 386 g/mol. The first-order chi connectivity index (χ1) is 14.2. The Balaban J connectivity index is 1.39. The van der Waals surface area contributed by atoms with Crippen LogP contribution in [-0.2, 0) is 11.2 Å². The Morgan fingerprint density at radius 2 is 1.97 bits per heavy atom. The lowest BCUT2D eigenvalue weighted by Gasteiger charge is -2.02. The number of ketones is 2. The highest BCUT2D eigenvalue weighted by Gasteiger charge is 2.28. The van der Waals surface area contributed by atoms with Gasteiger partial charge in [-0.05, 0) is 36.1 Å². The van der Waals surface area contributed by atoms with Crippen molar-refractivity contribution in [3.63, 3.8) is 0 Å². The molecule has 0 N–H and O–H groups in total. The van der Waals surface area contributed by atoms with Crippen LogP contribution in [0.4, 0.5) is 0 Å². The van der Waals surface area contributed by atoms with Gasteiger partial charge in [-0.25, -0.2) is 4.98 Å². The molecule has 5 rings (SSSR count). The Bertz CT molecular complexity index is 1210. The highest BCUT2D eigenvalue weighted by molar-refractivity contribution is 7.20. The molecule has 1 fully saturated rings. The van der Waals surface area contributed by atoms with E-state index in [0.29, 0.717) is 23.7 Å². The highest BCUT2D eigenvalue weighted by Crippen LogP contribution is 2.29. The van der Waals surface area contributed by atoms with E-state index in [0.717, 1.165) is 34.2 Å². The number of fused-ring (bicyclic) bond motifs is 1. The van der Waals surface area contributed by atoms with Gasteiger partial charge in [-0.2, -0.15) is 0 Å². The third-order valence-corrected chi connectivity index (χ3v) is 6.22. The summed E-state index contributed by atoms with van der Waals surface area (Å²) in [6.45, 7) is 0. The molecule has 7 heteroatoms. The first-order valence-electron chi connectivity index (χ1n) is 9.53. The van der Waals surface area contributed by atoms with Crippen LogP contribution in [0.5, 0.6) is 0 Å². The quantitative estimate of drug-likeness (QED) is 0.457. The summed E-state index contributed by atoms with van der Waals surface area (Å²) in [5.41, 5.74) is 2.94. The Kier molecular flexibility index (Phi) is 4.52. The highest BCUT2D eigenvalue weighted by atomic mass is 32.1. The summed E-state index contributed by atoms with van der Waals surface area (Å²) in [4.78, 5) is 29.0. The summed E-state index contributed by atoms with van der Waals surface area (Å²) < 4.78 is 6.46. The summed E-state index contributed by atoms with van der Waals surface area (Å²) in [7, 11) is 0. The van der Waals surface area contributed by atoms with Crippen molar-refractivity contribution in [2.75, 3.05) is 0 Å². The molecule has 1 saturated carbocycles. The zero-order valence-electron chi connectivity index (χ0n) is 15.5. The number of rotatable bonds is 5. The van der Waals surface area contributed by atoms with Crippen LogP contribution in [-0.4, -0.2) is 26.7 Å². The van der Waals surface area contributed by atoms with E-state index in [4.69, 9.17) is 4.42 Å². The van der Waals surface area contributed by atoms with Gasteiger partial charge in [0.2, 0.25) is 5.89 Å². The van der Waals surface area contributed by atoms with Gasteiger partial charge in [0.1, 0.15) is 5.78 Å². The van der Waals surface area contributed by atoms with Crippen LogP contribution >= 0.6 is 11.3 Å². The topological polar surface area (TPSA) is 86.0 Å². The van der Waals surface area contributed by atoms with Crippen molar-refractivity contribution in [3.05, 3.63) is 65.3 Å². The number of aromatic nitrogens is 3. The molecule has 0 spiro atoms. The maximum Gasteiger partial charge on any atom is 0.291 e. The van der Waals surface area contributed by atoms with Gasteiger partial charge in [0.25, 0.3) is 11.7 Å². The summed E-state index contributed by atoms with van der Waals surface area (Å²) in [5.74, 6) is 0.0338. The molecule has 1 aliphatic rings. The monoisotopic (exact) mass is 403 g/mol. The fraction of sp³-hybridized carbons (Fsp3) is 0.227. The minimum atomic E-state index is -0.385. The SMILES string of the molecule is O=C(c1nnc(CC2CCCC2=O)o1)c1nc2ccc(-c3ccccc3)cc2s1. The Morgan fingerprint density at radius 1 is 1.10 bits per heavy atom. The van der Waals surface area contributed by atoms with Crippen LogP contribution < -0.4 is 0 Å². The molecule has 0 amide bonds.